The lowest BCUT2D eigenvalue weighted by Crippen LogP contribution is -2.70. The molecule has 4 saturated heterocycles. The number of carbonyl (C=O) groups is 4. The molecule has 3 unspecified atom stereocenters. The van der Waals surface area contributed by atoms with Crippen LogP contribution in [-0.4, -0.2) is 118 Å². The molecule has 412 valence electrons. The number of ether oxygens (including phenoxy) is 5. The lowest BCUT2D eigenvalue weighted by Gasteiger charge is -2.53. The molecule has 2 amide bonds. The number of aliphatic hydroxyl groups is 1. The lowest BCUT2D eigenvalue weighted by atomic mass is 9.52. The van der Waals surface area contributed by atoms with E-state index in [1.54, 1.807) is 32.9 Å². The smallest absolute Gasteiger partial charge is 0.327 e. The molecule has 2 bridgehead atoms. The molecule has 0 aromatic heterocycles. The number of likely N-dealkylation sites (N-methyl/N-ethyl adjacent to an activating group) is 1. The second-order valence-electron chi connectivity index (χ2n) is 25.2. The first kappa shape index (κ1) is 55.6. The van der Waals surface area contributed by atoms with E-state index in [1.165, 1.54) is 23.3 Å². The SMILES string of the molecule is CCCCCC1(CCCCC)O[C@@H]2[C@H]3ON(Cc4ccc(C=C5CCC6O[C@]6(C)CC[C@@H]6[C@@H]5CC6(C)C)cc4)[C@H]4C(=O)OC(CC34C(=O)N(C)[C@H](Cc3ccccc3)C(=O)N[C@H](CO)CCC(=O)OC(C)(C)C)[C@@H]2O1. The number of benzene rings is 2. The Balaban J connectivity index is 1.02. The highest BCUT2D eigenvalue weighted by Crippen LogP contribution is 2.61. The molecule has 4 heterocycles. The van der Waals surface area contributed by atoms with Crippen molar-refractivity contribution in [3.05, 3.63) is 76.9 Å². The number of esters is 2. The van der Waals surface area contributed by atoms with Crippen LogP contribution in [0.4, 0.5) is 0 Å². The Kier molecular flexibility index (Phi) is 16.5. The molecule has 2 aromatic carbocycles. The zero-order valence-electron chi connectivity index (χ0n) is 46.4. The summed E-state index contributed by atoms with van der Waals surface area (Å²) < 4.78 is 32.4. The predicted octanol–water partition coefficient (Wildman–Crippen LogP) is 9.57. The Hall–Kier alpha value is -4.18. The third kappa shape index (κ3) is 11.7. The third-order valence-corrected chi connectivity index (χ3v) is 18.1. The van der Waals surface area contributed by atoms with E-state index in [4.69, 9.17) is 28.5 Å². The number of carbonyl (C=O) groups excluding carboxylic acids is 4. The number of allylic oxidation sites excluding steroid dienone is 1. The second kappa shape index (κ2) is 22.3. The summed E-state index contributed by atoms with van der Waals surface area (Å²) in [6.45, 7) is 16.6. The van der Waals surface area contributed by atoms with E-state index in [0.717, 1.165) is 74.5 Å². The largest absolute Gasteiger partial charge is 0.460 e. The molecule has 14 nitrogen and oxygen atoms in total. The summed E-state index contributed by atoms with van der Waals surface area (Å²) in [4.78, 5) is 67.0. The van der Waals surface area contributed by atoms with Gasteiger partial charge in [0.1, 0.15) is 41.5 Å². The van der Waals surface area contributed by atoms with Crippen molar-refractivity contribution in [2.24, 2.45) is 22.7 Å². The number of amides is 2. The van der Waals surface area contributed by atoms with Crippen molar-refractivity contribution in [1.82, 2.24) is 15.3 Å². The van der Waals surface area contributed by atoms with Crippen molar-refractivity contribution in [1.29, 1.82) is 0 Å². The maximum absolute atomic E-state index is 16.1. The normalized spacial score (nSPS) is 32.5. The minimum Gasteiger partial charge on any atom is -0.460 e. The number of aliphatic hydroxyl groups excluding tert-OH is 1. The number of unbranched alkanes of at least 4 members (excludes halogenated alkanes) is 4. The first-order valence-corrected chi connectivity index (χ1v) is 28.6. The number of nitrogens with one attached hydrogen (secondary N) is 1. The van der Waals surface area contributed by atoms with E-state index in [9.17, 15) is 19.5 Å². The number of nitrogens with zero attached hydrogens (tertiary/aromatic N) is 2. The summed E-state index contributed by atoms with van der Waals surface area (Å²) in [5.41, 5.74) is 2.45. The average molecular weight is 1040 g/mol. The van der Waals surface area contributed by atoms with E-state index < -0.39 is 89.7 Å². The molecule has 3 saturated carbocycles. The molecule has 7 aliphatic rings. The molecule has 2 aromatic rings. The summed E-state index contributed by atoms with van der Waals surface area (Å²) in [6, 6.07) is 14.9. The molecule has 12 atom stereocenters. The minimum atomic E-state index is -1.53. The highest BCUT2D eigenvalue weighted by Gasteiger charge is 2.77. The topological polar surface area (TPSA) is 166 Å². The molecule has 2 N–H and O–H groups in total. The number of hydrogen-bond acceptors (Lipinski definition) is 12. The predicted molar refractivity (Wildman–Crippen MR) is 284 cm³/mol. The van der Waals surface area contributed by atoms with Crippen LogP contribution in [0.1, 0.15) is 175 Å². The van der Waals surface area contributed by atoms with Crippen LogP contribution >= 0.6 is 0 Å². The van der Waals surface area contributed by atoms with Gasteiger partial charge in [0.25, 0.3) is 0 Å². The monoisotopic (exact) mass is 1040 g/mol. The molecule has 3 aliphatic carbocycles. The summed E-state index contributed by atoms with van der Waals surface area (Å²) in [7, 11) is 1.61. The first-order chi connectivity index (χ1) is 35.7. The number of epoxide rings is 1. The number of rotatable bonds is 21. The molecular weight excluding hydrogens is 951 g/mol. The minimum absolute atomic E-state index is 0.0188. The summed E-state index contributed by atoms with van der Waals surface area (Å²) in [5.74, 6) is -1.71. The van der Waals surface area contributed by atoms with Crippen molar-refractivity contribution < 1.29 is 52.8 Å². The summed E-state index contributed by atoms with van der Waals surface area (Å²) >= 11 is 0. The number of hydroxylamine groups is 2. The molecular formula is C61H87N3O11. The maximum atomic E-state index is 16.1. The van der Waals surface area contributed by atoms with Gasteiger partial charge in [0.05, 0.1) is 30.9 Å². The fourth-order valence-corrected chi connectivity index (χ4v) is 13.9. The molecule has 0 radical (unpaired) electrons. The van der Waals surface area contributed by atoms with Gasteiger partial charge in [-0.15, -0.1) is 0 Å². The number of hydrogen-bond donors (Lipinski definition) is 2. The van der Waals surface area contributed by atoms with Gasteiger partial charge >= 0.3 is 11.9 Å². The first-order valence-electron chi connectivity index (χ1n) is 28.6. The summed E-state index contributed by atoms with van der Waals surface area (Å²) in [5, 5.41) is 15.1. The zero-order chi connectivity index (χ0) is 53.5. The van der Waals surface area contributed by atoms with Gasteiger partial charge in [-0.3, -0.25) is 24.0 Å². The van der Waals surface area contributed by atoms with E-state index in [0.29, 0.717) is 36.2 Å². The van der Waals surface area contributed by atoms with Crippen LogP contribution in [0.2, 0.25) is 0 Å². The molecule has 9 rings (SSSR count). The van der Waals surface area contributed by atoms with Crippen molar-refractivity contribution >= 4 is 29.8 Å². The van der Waals surface area contributed by atoms with E-state index in [-0.39, 0.29) is 37.8 Å². The Bertz CT molecular complexity index is 2380. The van der Waals surface area contributed by atoms with Gasteiger partial charge in [0, 0.05) is 39.2 Å². The van der Waals surface area contributed by atoms with Gasteiger partial charge in [-0.25, -0.2) is 0 Å². The second-order valence-corrected chi connectivity index (χ2v) is 25.2. The van der Waals surface area contributed by atoms with Crippen LogP contribution in [0.15, 0.2) is 60.2 Å². The average Bonchev–Trinajstić information content (AvgIpc) is 3.74. The quantitative estimate of drug-likeness (QED) is 0.0692. The molecule has 75 heavy (non-hydrogen) atoms. The van der Waals surface area contributed by atoms with Crippen LogP contribution in [0.5, 0.6) is 0 Å². The Morgan fingerprint density at radius 3 is 2.25 bits per heavy atom. The fraction of sp³-hybridized carbons (Fsp3) is 0.705. The van der Waals surface area contributed by atoms with Crippen molar-refractivity contribution in [2.75, 3.05) is 13.7 Å². The van der Waals surface area contributed by atoms with Crippen LogP contribution in [-0.2, 0) is 60.7 Å². The molecule has 4 aliphatic heterocycles. The van der Waals surface area contributed by atoms with Crippen LogP contribution in [0.25, 0.3) is 6.08 Å². The lowest BCUT2D eigenvalue weighted by molar-refractivity contribution is -0.225. The zero-order valence-corrected chi connectivity index (χ0v) is 46.4. The van der Waals surface area contributed by atoms with E-state index in [2.05, 4.69) is 70.3 Å². The van der Waals surface area contributed by atoms with Crippen LogP contribution in [0, 0.1) is 22.7 Å². The van der Waals surface area contributed by atoms with Crippen LogP contribution in [0.3, 0.4) is 0 Å². The van der Waals surface area contributed by atoms with Gasteiger partial charge in [-0.05, 0) is 113 Å². The highest BCUT2D eigenvalue weighted by molar-refractivity contribution is 5.96. The number of fused-ring (bicyclic) bond motifs is 6. The van der Waals surface area contributed by atoms with Gasteiger partial charge < -0.3 is 39.0 Å². The summed E-state index contributed by atoms with van der Waals surface area (Å²) in [6.07, 6.45) is 12.6. The molecule has 7 fully saturated rings. The van der Waals surface area contributed by atoms with Gasteiger partial charge in [0.15, 0.2) is 11.8 Å². The molecule has 0 spiro atoms. The fourth-order valence-electron chi connectivity index (χ4n) is 13.9. The van der Waals surface area contributed by atoms with Crippen molar-refractivity contribution in [2.45, 2.75) is 237 Å². The molecule has 14 heteroatoms. The Morgan fingerprint density at radius 1 is 0.907 bits per heavy atom. The highest BCUT2D eigenvalue weighted by atomic mass is 16.8. The maximum Gasteiger partial charge on any atom is 0.327 e. The van der Waals surface area contributed by atoms with Crippen LogP contribution < -0.4 is 5.32 Å². The third-order valence-electron chi connectivity index (χ3n) is 18.1. The Morgan fingerprint density at radius 2 is 1.60 bits per heavy atom. The standard InChI is InChI=1S/C61H87N3O11/c1-10-12-17-30-60(31-18-13-11-2)73-50-47-36-61(56(69)63(9)46(34-39-19-15-14-16-20-39)54(67)62-43(38-65)26-28-49(66)72-57(3,4)5)52(55(68)70-47)64(75-53(61)51(50)74-60)37-41-23-21-40(22-24-41)33-42-25-27-48-59(8,71-48)32-29-45-44(42)35-58(45,6)7/h14-16,19-24,33,43-48,50-53,65H,10-13,17-18,25-32,34-38H2,1-9H3,(H,62,67)/t43-,44+,45+,46+,47?,48?,50-,51-,52-,53+,59+,61?/m0/s1. The van der Waals surface area contributed by atoms with Gasteiger partial charge in [-0.2, -0.15) is 5.06 Å². The van der Waals surface area contributed by atoms with Crippen molar-refractivity contribution in [3.63, 3.8) is 0 Å². The van der Waals surface area contributed by atoms with Gasteiger partial charge in [-0.1, -0.05) is 120 Å². The van der Waals surface area contributed by atoms with E-state index in [1.807, 2.05) is 30.3 Å². The van der Waals surface area contributed by atoms with E-state index >= 15 is 4.79 Å². The van der Waals surface area contributed by atoms with Crippen molar-refractivity contribution in [3.8, 4) is 0 Å². The van der Waals surface area contributed by atoms with Gasteiger partial charge in [0.2, 0.25) is 11.8 Å². The Labute approximate surface area is 446 Å².